The Balaban J connectivity index is 2.69. The number of hydrogen-bond acceptors (Lipinski definition) is 3. The molecule has 0 bridgehead atoms. The zero-order valence-corrected chi connectivity index (χ0v) is 8.66. The van der Waals surface area contributed by atoms with Gasteiger partial charge in [0.2, 0.25) is 5.95 Å². The molecule has 2 heterocycles. The Labute approximate surface area is 90.3 Å². The molecule has 0 unspecified atom stereocenters. The van der Waals surface area contributed by atoms with Gasteiger partial charge in [-0.2, -0.15) is 4.98 Å². The monoisotopic (exact) mass is 214 g/mol. The van der Waals surface area contributed by atoms with Gasteiger partial charge in [0.1, 0.15) is 5.65 Å². The number of anilines is 1. The molecule has 16 heavy (non-hydrogen) atoms. The third-order valence-electron chi connectivity index (χ3n) is 2.71. The van der Waals surface area contributed by atoms with Crippen LogP contribution in [0, 0.1) is 6.92 Å². The van der Waals surface area contributed by atoms with Crippen molar-refractivity contribution in [3.8, 4) is 0 Å². The largest absolute Gasteiger partial charge is 0.369 e. The summed E-state index contributed by atoms with van der Waals surface area (Å²) in [5.74, 6) is 0.127. The minimum atomic E-state index is -0.206. The molecule has 0 fully saturated rings. The van der Waals surface area contributed by atoms with Crippen LogP contribution in [0.25, 0.3) is 21.9 Å². The van der Waals surface area contributed by atoms with Crippen molar-refractivity contribution in [2.24, 2.45) is 0 Å². The van der Waals surface area contributed by atoms with Gasteiger partial charge in [-0.05, 0) is 18.6 Å². The Morgan fingerprint density at radius 1 is 1.25 bits per heavy atom. The van der Waals surface area contributed by atoms with Crippen LogP contribution in [0.5, 0.6) is 0 Å². The summed E-state index contributed by atoms with van der Waals surface area (Å²) < 4.78 is 0. The first-order chi connectivity index (χ1) is 7.66. The first-order valence-corrected chi connectivity index (χ1v) is 4.93. The highest BCUT2D eigenvalue weighted by molar-refractivity contribution is 6.07. The van der Waals surface area contributed by atoms with Crippen LogP contribution >= 0.6 is 0 Å². The van der Waals surface area contributed by atoms with Crippen LogP contribution in [-0.4, -0.2) is 15.0 Å². The molecule has 4 N–H and O–H groups in total. The topological polar surface area (TPSA) is 87.6 Å². The predicted molar refractivity (Wildman–Crippen MR) is 63.4 cm³/mol. The summed E-state index contributed by atoms with van der Waals surface area (Å²) in [7, 11) is 0. The standard InChI is InChI=1S/C11H10N4O/c1-5-3-2-4-6-7(5)8-9(13-6)14-11(12)15-10(8)16/h2-4H,1H3,(H4,12,13,14,15,16). The van der Waals surface area contributed by atoms with Crippen LogP contribution in [0.2, 0.25) is 0 Å². The van der Waals surface area contributed by atoms with E-state index in [0.717, 1.165) is 16.5 Å². The number of nitrogen functional groups attached to an aromatic ring is 1. The van der Waals surface area contributed by atoms with Gasteiger partial charge >= 0.3 is 0 Å². The lowest BCUT2D eigenvalue weighted by Crippen LogP contribution is -2.10. The molecule has 5 heteroatoms. The van der Waals surface area contributed by atoms with Crippen LogP contribution in [0.4, 0.5) is 5.95 Å². The summed E-state index contributed by atoms with van der Waals surface area (Å²) in [6.45, 7) is 1.96. The maximum absolute atomic E-state index is 11.8. The second-order valence-electron chi connectivity index (χ2n) is 3.80. The predicted octanol–water partition coefficient (Wildman–Crippen LogP) is 1.30. The quantitative estimate of drug-likeness (QED) is 0.527. The molecule has 0 atom stereocenters. The Hall–Kier alpha value is -2.30. The van der Waals surface area contributed by atoms with Crippen molar-refractivity contribution in [2.75, 3.05) is 5.73 Å². The van der Waals surface area contributed by atoms with Crippen LogP contribution in [0.15, 0.2) is 23.0 Å². The lowest BCUT2D eigenvalue weighted by molar-refractivity contribution is 1.18. The maximum Gasteiger partial charge on any atom is 0.262 e. The molecule has 0 saturated carbocycles. The summed E-state index contributed by atoms with van der Waals surface area (Å²) in [6.07, 6.45) is 0. The summed E-state index contributed by atoms with van der Waals surface area (Å²) in [5.41, 5.74) is 7.77. The van der Waals surface area contributed by atoms with E-state index in [1.807, 2.05) is 25.1 Å². The van der Waals surface area contributed by atoms with Gasteiger partial charge < -0.3 is 10.7 Å². The van der Waals surface area contributed by atoms with Crippen molar-refractivity contribution >= 4 is 27.9 Å². The molecule has 80 valence electrons. The van der Waals surface area contributed by atoms with Crippen molar-refractivity contribution in [3.05, 3.63) is 34.1 Å². The number of nitrogens with zero attached hydrogens (tertiary/aromatic N) is 1. The van der Waals surface area contributed by atoms with E-state index in [-0.39, 0.29) is 11.5 Å². The Bertz CT molecular complexity index is 754. The number of hydrogen-bond donors (Lipinski definition) is 3. The molecular weight excluding hydrogens is 204 g/mol. The van der Waals surface area contributed by atoms with E-state index < -0.39 is 0 Å². The summed E-state index contributed by atoms with van der Waals surface area (Å²) >= 11 is 0. The maximum atomic E-state index is 11.8. The molecule has 1 aromatic carbocycles. The third-order valence-corrected chi connectivity index (χ3v) is 2.71. The third kappa shape index (κ3) is 1.05. The molecule has 0 saturated heterocycles. The van der Waals surface area contributed by atoms with E-state index in [9.17, 15) is 4.79 Å². The van der Waals surface area contributed by atoms with E-state index in [2.05, 4.69) is 15.0 Å². The van der Waals surface area contributed by atoms with Gasteiger partial charge in [0.15, 0.2) is 0 Å². The summed E-state index contributed by atoms with van der Waals surface area (Å²) in [6, 6.07) is 5.82. The fraction of sp³-hybridized carbons (Fsp3) is 0.0909. The van der Waals surface area contributed by atoms with Crippen LogP contribution < -0.4 is 11.3 Å². The average Bonchev–Trinajstić information content (AvgIpc) is 2.56. The lowest BCUT2D eigenvalue weighted by atomic mass is 10.1. The second kappa shape index (κ2) is 2.85. The van der Waals surface area contributed by atoms with E-state index in [1.165, 1.54) is 0 Å². The number of rotatable bonds is 0. The highest BCUT2D eigenvalue weighted by Gasteiger charge is 2.11. The normalized spacial score (nSPS) is 11.3. The summed E-state index contributed by atoms with van der Waals surface area (Å²) in [4.78, 5) is 21.5. The molecule has 3 rings (SSSR count). The number of nitrogens with one attached hydrogen (secondary N) is 2. The fourth-order valence-corrected chi connectivity index (χ4v) is 2.04. The minimum Gasteiger partial charge on any atom is -0.369 e. The number of H-pyrrole nitrogens is 2. The molecule has 3 aromatic rings. The molecule has 0 aliphatic rings. The van der Waals surface area contributed by atoms with Crippen LogP contribution in [-0.2, 0) is 0 Å². The number of aromatic amines is 2. The van der Waals surface area contributed by atoms with Crippen LogP contribution in [0.1, 0.15) is 5.56 Å². The minimum absolute atomic E-state index is 0.127. The number of fused-ring (bicyclic) bond motifs is 3. The molecular formula is C11H10N4O. The zero-order valence-electron chi connectivity index (χ0n) is 8.66. The van der Waals surface area contributed by atoms with Crippen molar-refractivity contribution in [1.29, 1.82) is 0 Å². The van der Waals surface area contributed by atoms with Gasteiger partial charge in [0.05, 0.1) is 5.39 Å². The van der Waals surface area contributed by atoms with Gasteiger partial charge in [-0.1, -0.05) is 12.1 Å². The molecule has 0 aliphatic heterocycles. The molecule has 5 nitrogen and oxygen atoms in total. The van der Waals surface area contributed by atoms with Crippen molar-refractivity contribution < 1.29 is 0 Å². The SMILES string of the molecule is Cc1cccc2[nH]c3nc(N)[nH]c(=O)c3c12. The van der Waals surface area contributed by atoms with Crippen molar-refractivity contribution in [1.82, 2.24) is 15.0 Å². The fourth-order valence-electron chi connectivity index (χ4n) is 2.04. The smallest absolute Gasteiger partial charge is 0.262 e. The molecule has 0 amide bonds. The molecule has 0 radical (unpaired) electrons. The second-order valence-corrected chi connectivity index (χ2v) is 3.80. The number of aryl methyl sites for hydroxylation is 1. The highest BCUT2D eigenvalue weighted by Crippen LogP contribution is 2.24. The van der Waals surface area contributed by atoms with Crippen LogP contribution in [0.3, 0.4) is 0 Å². The van der Waals surface area contributed by atoms with E-state index in [4.69, 9.17) is 5.73 Å². The van der Waals surface area contributed by atoms with Gasteiger partial charge in [0, 0.05) is 10.9 Å². The van der Waals surface area contributed by atoms with E-state index >= 15 is 0 Å². The number of nitrogens with two attached hydrogens (primary N) is 1. The van der Waals surface area contributed by atoms with Gasteiger partial charge in [-0.15, -0.1) is 0 Å². The Morgan fingerprint density at radius 3 is 2.88 bits per heavy atom. The van der Waals surface area contributed by atoms with Gasteiger partial charge in [0.25, 0.3) is 5.56 Å². The van der Waals surface area contributed by atoms with E-state index in [0.29, 0.717) is 11.0 Å². The van der Waals surface area contributed by atoms with Crippen molar-refractivity contribution in [2.45, 2.75) is 6.92 Å². The van der Waals surface area contributed by atoms with Gasteiger partial charge in [-0.25, -0.2) is 0 Å². The number of benzene rings is 1. The van der Waals surface area contributed by atoms with Crippen molar-refractivity contribution in [3.63, 3.8) is 0 Å². The molecule has 0 aliphatic carbocycles. The molecule has 0 spiro atoms. The highest BCUT2D eigenvalue weighted by atomic mass is 16.1. The Kier molecular flexibility index (Phi) is 1.60. The first-order valence-electron chi connectivity index (χ1n) is 4.93. The first kappa shape index (κ1) is 8.96. The van der Waals surface area contributed by atoms with E-state index in [1.54, 1.807) is 0 Å². The lowest BCUT2D eigenvalue weighted by Gasteiger charge is -1.95. The zero-order chi connectivity index (χ0) is 11.3. The Morgan fingerprint density at radius 2 is 2.06 bits per heavy atom. The average molecular weight is 214 g/mol. The summed E-state index contributed by atoms with van der Waals surface area (Å²) in [5, 5.41) is 1.48. The molecule has 2 aromatic heterocycles. The number of aromatic nitrogens is 3. The van der Waals surface area contributed by atoms with Gasteiger partial charge in [-0.3, -0.25) is 9.78 Å².